The van der Waals surface area contributed by atoms with Crippen LogP contribution in [-0.2, 0) is 0 Å². The van der Waals surface area contributed by atoms with E-state index >= 15 is 0 Å². The van der Waals surface area contributed by atoms with Crippen LogP contribution in [0.15, 0.2) is 41.4 Å². The van der Waals surface area contributed by atoms with Gasteiger partial charge in [0.1, 0.15) is 6.61 Å². The van der Waals surface area contributed by atoms with Crippen molar-refractivity contribution >= 4 is 40.4 Å². The molecule has 3 heterocycles. The van der Waals surface area contributed by atoms with Gasteiger partial charge in [0.2, 0.25) is 11.7 Å². The second-order valence-electron chi connectivity index (χ2n) is 7.04. The van der Waals surface area contributed by atoms with Gasteiger partial charge < -0.3 is 14.5 Å². The number of aromatic amines is 1. The molecule has 0 radical (unpaired) electrons. The molecule has 3 aromatic heterocycles. The highest BCUT2D eigenvalue weighted by Crippen LogP contribution is 2.38. The highest BCUT2D eigenvalue weighted by molar-refractivity contribution is 8.00. The van der Waals surface area contributed by atoms with E-state index in [-0.39, 0.29) is 17.6 Å². The SMILES string of the molecule is COc1nc(NSc2c[nH]c3c(-c4cccc(C)n4)c(Cl)ccc23)nc(C)c1OCC(F)F. The smallest absolute Gasteiger partial charge is 0.272 e. The van der Waals surface area contributed by atoms with Gasteiger partial charge in [0.15, 0.2) is 0 Å². The van der Waals surface area contributed by atoms with Crippen LogP contribution < -0.4 is 14.2 Å². The number of pyridine rings is 1. The Morgan fingerprint density at radius 1 is 1.15 bits per heavy atom. The number of benzene rings is 1. The maximum Gasteiger partial charge on any atom is 0.272 e. The van der Waals surface area contributed by atoms with E-state index in [1.54, 1.807) is 6.92 Å². The quantitative estimate of drug-likeness (QED) is 0.290. The monoisotopic (exact) mass is 491 g/mol. The minimum atomic E-state index is -2.61. The Balaban J connectivity index is 1.61. The Morgan fingerprint density at radius 2 is 1.97 bits per heavy atom. The summed E-state index contributed by atoms with van der Waals surface area (Å²) in [6.07, 6.45) is -0.764. The fraction of sp³-hybridized carbons (Fsp3) is 0.227. The predicted molar refractivity (Wildman–Crippen MR) is 126 cm³/mol. The second-order valence-corrected chi connectivity index (χ2v) is 8.29. The molecule has 0 saturated heterocycles. The van der Waals surface area contributed by atoms with Crippen molar-refractivity contribution in [2.75, 3.05) is 18.4 Å². The number of H-pyrrole nitrogens is 1. The van der Waals surface area contributed by atoms with Gasteiger partial charge in [0.25, 0.3) is 12.3 Å². The van der Waals surface area contributed by atoms with Gasteiger partial charge in [-0.3, -0.25) is 9.71 Å². The largest absolute Gasteiger partial charge is 0.480 e. The summed E-state index contributed by atoms with van der Waals surface area (Å²) in [6, 6.07) is 9.54. The van der Waals surface area contributed by atoms with E-state index < -0.39 is 13.0 Å². The van der Waals surface area contributed by atoms with Crippen LogP contribution >= 0.6 is 23.5 Å². The number of alkyl halides is 2. The molecule has 0 atom stereocenters. The van der Waals surface area contributed by atoms with Gasteiger partial charge in [-0.2, -0.15) is 4.98 Å². The number of halogens is 3. The molecule has 11 heteroatoms. The van der Waals surface area contributed by atoms with Gasteiger partial charge in [-0.25, -0.2) is 13.8 Å². The molecule has 1 aromatic carbocycles. The maximum atomic E-state index is 12.5. The van der Waals surface area contributed by atoms with Gasteiger partial charge in [0.05, 0.1) is 33.9 Å². The zero-order valence-corrected chi connectivity index (χ0v) is 19.5. The van der Waals surface area contributed by atoms with Crippen molar-refractivity contribution in [1.82, 2.24) is 19.9 Å². The molecule has 4 rings (SSSR count). The summed E-state index contributed by atoms with van der Waals surface area (Å²) in [5, 5.41) is 1.53. The van der Waals surface area contributed by atoms with E-state index in [9.17, 15) is 8.78 Å². The molecule has 0 aliphatic carbocycles. The van der Waals surface area contributed by atoms with Crippen LogP contribution in [0.1, 0.15) is 11.4 Å². The molecule has 172 valence electrons. The number of anilines is 1. The number of methoxy groups -OCH3 is 1. The van der Waals surface area contributed by atoms with Gasteiger partial charge in [-0.15, -0.1) is 0 Å². The van der Waals surface area contributed by atoms with Crippen molar-refractivity contribution in [2.45, 2.75) is 25.2 Å². The molecule has 0 fully saturated rings. The Labute approximate surface area is 198 Å². The second kappa shape index (κ2) is 9.80. The van der Waals surface area contributed by atoms with Crippen molar-refractivity contribution < 1.29 is 18.3 Å². The average molecular weight is 492 g/mol. The zero-order chi connectivity index (χ0) is 23.5. The van der Waals surface area contributed by atoms with Gasteiger partial charge in [0, 0.05) is 22.8 Å². The summed E-state index contributed by atoms with van der Waals surface area (Å²) in [4.78, 5) is 17.3. The van der Waals surface area contributed by atoms with Crippen molar-refractivity contribution in [3.05, 3.63) is 52.9 Å². The Hall–Kier alpha value is -3.11. The molecule has 0 amide bonds. The van der Waals surface area contributed by atoms with E-state index in [4.69, 9.17) is 21.1 Å². The van der Waals surface area contributed by atoms with Crippen molar-refractivity contribution in [1.29, 1.82) is 0 Å². The fourth-order valence-electron chi connectivity index (χ4n) is 3.30. The van der Waals surface area contributed by atoms with Crippen LogP contribution in [0.4, 0.5) is 14.7 Å². The maximum absolute atomic E-state index is 12.5. The van der Waals surface area contributed by atoms with Crippen LogP contribution in [0, 0.1) is 13.8 Å². The standard InChI is InChI=1S/C22H20ClF2N5O2S/c1-11-5-4-6-15(27-11)18-14(23)8-7-13-16(9-26-19(13)18)33-30-22-28-12(2)20(21(29-22)31-3)32-10-17(24)25/h4-9,17,26H,10H2,1-3H3,(H,28,29,30). The summed E-state index contributed by atoms with van der Waals surface area (Å²) < 4.78 is 38.4. The number of nitrogens with one attached hydrogen (secondary N) is 2. The highest BCUT2D eigenvalue weighted by Gasteiger charge is 2.18. The number of rotatable bonds is 8. The van der Waals surface area contributed by atoms with E-state index in [0.717, 1.165) is 32.7 Å². The summed E-state index contributed by atoms with van der Waals surface area (Å²) in [7, 11) is 1.39. The first-order valence-corrected chi connectivity index (χ1v) is 11.1. The first kappa shape index (κ1) is 23.1. The van der Waals surface area contributed by atoms with Crippen LogP contribution in [0.2, 0.25) is 5.02 Å². The molecule has 0 aliphatic heterocycles. The van der Waals surface area contributed by atoms with Crippen LogP contribution in [-0.4, -0.2) is 40.1 Å². The number of aryl methyl sites for hydroxylation is 2. The molecule has 2 N–H and O–H groups in total. The van der Waals surface area contributed by atoms with Crippen LogP contribution in [0.5, 0.6) is 11.6 Å². The molecule has 33 heavy (non-hydrogen) atoms. The summed E-state index contributed by atoms with van der Waals surface area (Å²) >= 11 is 7.80. The predicted octanol–water partition coefficient (Wildman–Crippen LogP) is 6.06. The molecule has 0 saturated carbocycles. The number of nitrogens with zero attached hydrogens (tertiary/aromatic N) is 3. The molecule has 0 spiro atoms. The third-order valence-corrected chi connectivity index (χ3v) is 5.87. The molecule has 7 nitrogen and oxygen atoms in total. The first-order chi connectivity index (χ1) is 15.9. The third-order valence-electron chi connectivity index (χ3n) is 4.72. The number of hydrogen-bond acceptors (Lipinski definition) is 7. The van der Waals surface area contributed by atoms with E-state index in [2.05, 4.69) is 24.7 Å². The first-order valence-electron chi connectivity index (χ1n) is 9.87. The third kappa shape index (κ3) is 4.96. The van der Waals surface area contributed by atoms with Crippen molar-refractivity contribution in [2.24, 2.45) is 0 Å². The average Bonchev–Trinajstić information content (AvgIpc) is 3.19. The molecule has 4 aromatic rings. The normalized spacial score (nSPS) is 11.2. The summed E-state index contributed by atoms with van der Waals surface area (Å²) in [6.45, 7) is 2.80. The lowest BCUT2D eigenvalue weighted by Gasteiger charge is -2.13. The van der Waals surface area contributed by atoms with Crippen molar-refractivity contribution in [3.63, 3.8) is 0 Å². The van der Waals surface area contributed by atoms with Crippen LogP contribution in [0.25, 0.3) is 22.2 Å². The van der Waals surface area contributed by atoms with Gasteiger partial charge >= 0.3 is 0 Å². The fourth-order valence-corrected chi connectivity index (χ4v) is 4.24. The lowest BCUT2D eigenvalue weighted by atomic mass is 10.1. The lowest BCUT2D eigenvalue weighted by molar-refractivity contribution is 0.0795. The Morgan fingerprint density at radius 3 is 2.70 bits per heavy atom. The summed E-state index contributed by atoms with van der Waals surface area (Å²) in [5.41, 5.74) is 3.73. The molecule has 0 unspecified atom stereocenters. The number of ether oxygens (including phenoxy) is 2. The summed E-state index contributed by atoms with van der Waals surface area (Å²) in [5.74, 6) is 0.415. The lowest BCUT2D eigenvalue weighted by Crippen LogP contribution is -2.11. The molecular formula is C22H20ClF2N5O2S. The van der Waals surface area contributed by atoms with Gasteiger partial charge in [-0.1, -0.05) is 23.7 Å². The molecular weight excluding hydrogens is 472 g/mol. The van der Waals surface area contributed by atoms with Gasteiger partial charge in [-0.05, 0) is 44.0 Å². The highest BCUT2D eigenvalue weighted by atomic mass is 35.5. The Bertz CT molecular complexity index is 1300. The number of hydrogen-bond donors (Lipinski definition) is 2. The number of fused-ring (bicyclic) bond motifs is 1. The van der Waals surface area contributed by atoms with Crippen LogP contribution in [0.3, 0.4) is 0 Å². The van der Waals surface area contributed by atoms with E-state index in [1.807, 2.05) is 43.5 Å². The topological polar surface area (TPSA) is 85.0 Å². The minimum absolute atomic E-state index is 0.0739. The zero-order valence-electron chi connectivity index (χ0n) is 17.9. The minimum Gasteiger partial charge on any atom is -0.480 e. The van der Waals surface area contributed by atoms with Crippen molar-refractivity contribution in [3.8, 4) is 22.9 Å². The van der Waals surface area contributed by atoms with E-state index in [1.165, 1.54) is 19.1 Å². The Kier molecular flexibility index (Phi) is 6.85. The molecule has 0 bridgehead atoms. The molecule has 0 aliphatic rings. The van der Waals surface area contributed by atoms with E-state index in [0.29, 0.717) is 10.7 Å². The number of aromatic nitrogens is 4.